The molecule has 0 aliphatic carbocycles. The lowest BCUT2D eigenvalue weighted by molar-refractivity contribution is -0.137. The number of esters is 1. The predicted molar refractivity (Wildman–Crippen MR) is 202 cm³/mol. The summed E-state index contributed by atoms with van der Waals surface area (Å²) in [5.41, 5.74) is 0.871. The van der Waals surface area contributed by atoms with Crippen molar-refractivity contribution in [3.63, 3.8) is 0 Å². The van der Waals surface area contributed by atoms with Crippen molar-refractivity contribution in [2.45, 2.75) is 212 Å². The molecule has 1 rings (SSSR count). The highest BCUT2D eigenvalue weighted by atomic mass is 16.5. The number of phenolic OH excluding ortho intramolecular Hbond substituents is 1. The maximum absolute atomic E-state index is 11.8. The second-order valence-corrected chi connectivity index (χ2v) is 14.1. The monoisotopic (exact) mass is 641 g/mol. The number of hydrogen-bond acceptors (Lipinski definition) is 3. The lowest BCUT2D eigenvalue weighted by Crippen LogP contribution is -2.02. The molecule has 1 aromatic rings. The molecule has 0 spiro atoms. The van der Waals surface area contributed by atoms with Crippen molar-refractivity contribution in [2.24, 2.45) is 0 Å². The van der Waals surface area contributed by atoms with Crippen molar-refractivity contribution in [3.05, 3.63) is 35.9 Å². The van der Waals surface area contributed by atoms with E-state index in [2.05, 4.69) is 6.92 Å². The summed E-state index contributed by atoms with van der Waals surface area (Å²) in [5, 5.41) is 9.29. The summed E-state index contributed by atoms with van der Waals surface area (Å²) >= 11 is 0. The van der Waals surface area contributed by atoms with Crippen LogP contribution in [0.4, 0.5) is 0 Å². The Hall–Kier alpha value is -1.77. The van der Waals surface area contributed by atoms with Gasteiger partial charge in [-0.05, 0) is 30.2 Å². The number of aromatic hydroxyl groups is 1. The maximum atomic E-state index is 11.8. The van der Waals surface area contributed by atoms with Crippen LogP contribution in [0.25, 0.3) is 6.08 Å². The summed E-state index contributed by atoms with van der Waals surface area (Å²) < 4.78 is 5.28. The Bertz CT molecular complexity index is 784. The molecule has 0 aromatic heterocycles. The molecule has 0 saturated heterocycles. The van der Waals surface area contributed by atoms with E-state index in [4.69, 9.17) is 4.74 Å². The molecule has 0 aliphatic heterocycles. The van der Waals surface area contributed by atoms with E-state index in [-0.39, 0.29) is 11.7 Å². The van der Waals surface area contributed by atoms with Gasteiger partial charge in [0, 0.05) is 6.08 Å². The van der Waals surface area contributed by atoms with Gasteiger partial charge in [-0.3, -0.25) is 0 Å². The Kier molecular flexibility index (Phi) is 31.7. The summed E-state index contributed by atoms with van der Waals surface area (Å²) in [6, 6.07) is 6.75. The van der Waals surface area contributed by atoms with Gasteiger partial charge in [-0.1, -0.05) is 218 Å². The molecular weight excluding hydrogens is 564 g/mol. The van der Waals surface area contributed by atoms with Crippen molar-refractivity contribution < 1.29 is 14.6 Å². The van der Waals surface area contributed by atoms with Crippen LogP contribution in [0, 0.1) is 0 Å². The Morgan fingerprint density at radius 3 is 1.07 bits per heavy atom. The second-order valence-electron chi connectivity index (χ2n) is 14.1. The third kappa shape index (κ3) is 30.9. The smallest absolute Gasteiger partial charge is 0.330 e. The molecule has 0 unspecified atom stereocenters. The van der Waals surface area contributed by atoms with Gasteiger partial charge in [-0.2, -0.15) is 0 Å². The minimum atomic E-state index is -0.297. The molecule has 1 N–H and O–H groups in total. The number of phenols is 1. The lowest BCUT2D eigenvalue weighted by atomic mass is 10.0. The fourth-order valence-corrected chi connectivity index (χ4v) is 6.45. The molecule has 0 aliphatic rings. The summed E-state index contributed by atoms with van der Waals surface area (Å²) in [7, 11) is 0. The SMILES string of the molecule is CCCCCCCCCCCCCCCCCCCCCCCCCCCCCCCCCCOC(=O)/C=C/c1ccc(O)cc1. The van der Waals surface area contributed by atoms with E-state index in [1.165, 1.54) is 199 Å². The largest absolute Gasteiger partial charge is 0.508 e. The van der Waals surface area contributed by atoms with Gasteiger partial charge >= 0.3 is 5.97 Å². The molecule has 0 atom stereocenters. The molecule has 1 aromatic carbocycles. The molecule has 3 heteroatoms. The molecule has 0 saturated carbocycles. The average Bonchev–Trinajstić information content (AvgIpc) is 3.06. The minimum Gasteiger partial charge on any atom is -0.508 e. The van der Waals surface area contributed by atoms with Crippen LogP contribution in [0.2, 0.25) is 0 Å². The van der Waals surface area contributed by atoms with Gasteiger partial charge in [-0.15, -0.1) is 0 Å². The highest BCUT2D eigenvalue weighted by Crippen LogP contribution is 2.17. The zero-order valence-electron chi connectivity index (χ0n) is 30.6. The Balaban J connectivity index is 1.67. The minimum absolute atomic E-state index is 0.223. The molecule has 0 fully saturated rings. The van der Waals surface area contributed by atoms with Gasteiger partial charge in [0.2, 0.25) is 0 Å². The first-order valence-corrected chi connectivity index (χ1v) is 20.4. The van der Waals surface area contributed by atoms with Crippen LogP contribution in [-0.2, 0) is 9.53 Å². The lowest BCUT2D eigenvalue weighted by Gasteiger charge is -2.05. The summed E-state index contributed by atoms with van der Waals surface area (Å²) in [5.74, 6) is -0.0740. The van der Waals surface area contributed by atoms with Gasteiger partial charge in [0.05, 0.1) is 6.61 Å². The van der Waals surface area contributed by atoms with Gasteiger partial charge < -0.3 is 9.84 Å². The van der Waals surface area contributed by atoms with Crippen molar-refractivity contribution in [2.75, 3.05) is 6.61 Å². The first-order valence-electron chi connectivity index (χ1n) is 20.4. The summed E-state index contributed by atoms with van der Waals surface area (Å²) in [6.07, 6.45) is 48.3. The van der Waals surface area contributed by atoms with E-state index in [9.17, 15) is 9.90 Å². The predicted octanol–water partition coefficient (Wildman–Crippen LogP) is 14.5. The first kappa shape index (κ1) is 42.3. The maximum Gasteiger partial charge on any atom is 0.330 e. The molecule has 0 bridgehead atoms. The van der Waals surface area contributed by atoms with Crippen LogP contribution in [0.5, 0.6) is 5.75 Å². The van der Waals surface area contributed by atoms with E-state index in [1.807, 2.05) is 0 Å². The van der Waals surface area contributed by atoms with E-state index < -0.39 is 0 Å². The third-order valence-corrected chi connectivity index (χ3v) is 9.55. The number of carbonyl (C=O) groups is 1. The van der Waals surface area contributed by atoms with Gasteiger partial charge in [-0.25, -0.2) is 4.79 Å². The number of ether oxygens (including phenoxy) is 1. The highest BCUT2D eigenvalue weighted by Gasteiger charge is 1.99. The molecule has 0 radical (unpaired) electrons. The van der Waals surface area contributed by atoms with Crippen molar-refractivity contribution in [3.8, 4) is 5.75 Å². The molecule has 0 heterocycles. The van der Waals surface area contributed by atoms with Gasteiger partial charge in [0.15, 0.2) is 0 Å². The molecule has 46 heavy (non-hydrogen) atoms. The van der Waals surface area contributed by atoms with Crippen molar-refractivity contribution >= 4 is 12.0 Å². The Morgan fingerprint density at radius 1 is 0.478 bits per heavy atom. The average molecular weight is 641 g/mol. The van der Waals surface area contributed by atoms with E-state index in [0.717, 1.165) is 18.4 Å². The zero-order chi connectivity index (χ0) is 33.0. The first-order chi connectivity index (χ1) is 22.7. The van der Waals surface area contributed by atoms with Crippen molar-refractivity contribution in [1.29, 1.82) is 0 Å². The molecular formula is C43H76O3. The van der Waals surface area contributed by atoms with E-state index >= 15 is 0 Å². The Morgan fingerprint density at radius 2 is 0.761 bits per heavy atom. The standard InChI is InChI=1S/C43H76O3/c1-2-3-4-5-6-7-8-9-10-11-12-13-14-15-16-17-18-19-20-21-22-23-24-25-26-27-28-29-30-31-32-33-40-46-43(45)39-36-41-34-37-42(44)38-35-41/h34-39,44H,2-33,40H2,1H3/b39-36+. The number of hydrogen-bond donors (Lipinski definition) is 1. The van der Waals surface area contributed by atoms with Crippen LogP contribution in [0.3, 0.4) is 0 Å². The van der Waals surface area contributed by atoms with Crippen LogP contribution < -0.4 is 0 Å². The normalized spacial score (nSPS) is 11.5. The van der Waals surface area contributed by atoms with Crippen molar-refractivity contribution in [1.82, 2.24) is 0 Å². The van der Waals surface area contributed by atoms with E-state index in [0.29, 0.717) is 6.61 Å². The van der Waals surface area contributed by atoms with Crippen LogP contribution in [0.1, 0.15) is 218 Å². The second kappa shape index (κ2) is 34.6. The van der Waals surface area contributed by atoms with E-state index in [1.54, 1.807) is 30.3 Å². The van der Waals surface area contributed by atoms with Crippen LogP contribution in [-0.4, -0.2) is 17.7 Å². The fraction of sp³-hybridized carbons (Fsp3) is 0.791. The Labute approximate surface area is 286 Å². The van der Waals surface area contributed by atoms with Crippen LogP contribution in [0.15, 0.2) is 30.3 Å². The highest BCUT2D eigenvalue weighted by molar-refractivity contribution is 5.87. The summed E-state index contributed by atoms with van der Waals surface area (Å²) in [6.45, 7) is 2.80. The zero-order valence-corrected chi connectivity index (χ0v) is 30.6. The molecule has 3 nitrogen and oxygen atoms in total. The number of unbranched alkanes of at least 4 members (excludes halogenated alkanes) is 31. The fourth-order valence-electron chi connectivity index (χ4n) is 6.45. The third-order valence-electron chi connectivity index (χ3n) is 9.55. The summed E-state index contributed by atoms with van der Waals surface area (Å²) in [4.78, 5) is 11.8. The molecule has 0 amide bonds. The van der Waals surface area contributed by atoms with Crippen LogP contribution >= 0.6 is 0 Å². The number of rotatable bonds is 35. The molecule has 266 valence electrons. The van der Waals surface area contributed by atoms with Gasteiger partial charge in [0.25, 0.3) is 0 Å². The van der Waals surface area contributed by atoms with Gasteiger partial charge in [0.1, 0.15) is 5.75 Å². The number of benzene rings is 1. The number of carbonyl (C=O) groups excluding carboxylic acids is 1. The topological polar surface area (TPSA) is 46.5 Å². The quantitative estimate of drug-likeness (QED) is 0.0456.